The lowest BCUT2D eigenvalue weighted by atomic mass is 9.94. The lowest BCUT2D eigenvalue weighted by Gasteiger charge is -2.35. The van der Waals surface area contributed by atoms with E-state index in [1.165, 1.54) is 17.0 Å². The Bertz CT molecular complexity index is 1730. The molecule has 0 aliphatic heterocycles. The number of halogens is 1. The Balaban J connectivity index is 1.56. The van der Waals surface area contributed by atoms with Crippen molar-refractivity contribution in [1.82, 2.24) is 10.2 Å². The summed E-state index contributed by atoms with van der Waals surface area (Å²) in [6.45, 7) is 1.39. The second-order valence-electron chi connectivity index (χ2n) is 11.8. The number of hydrogen-bond acceptors (Lipinski definition) is 4. The number of anilines is 1. The van der Waals surface area contributed by atoms with Crippen LogP contribution in [-0.4, -0.2) is 43.8 Å². The third kappa shape index (κ3) is 8.36. The van der Waals surface area contributed by atoms with Gasteiger partial charge < -0.3 is 10.2 Å². The van der Waals surface area contributed by atoms with Crippen molar-refractivity contribution in [2.45, 2.75) is 69.0 Å². The first-order chi connectivity index (χ1) is 22.2. The molecule has 0 radical (unpaired) electrons. The van der Waals surface area contributed by atoms with Gasteiger partial charge in [0.25, 0.3) is 10.0 Å². The first-order valence-corrected chi connectivity index (χ1v) is 17.6. The van der Waals surface area contributed by atoms with E-state index in [4.69, 9.17) is 11.6 Å². The molecule has 1 aliphatic carbocycles. The maximum atomic E-state index is 14.6. The summed E-state index contributed by atoms with van der Waals surface area (Å²) in [6, 6.07) is 31.1. The third-order valence-corrected chi connectivity index (χ3v) is 10.5. The fourth-order valence-electron chi connectivity index (χ4n) is 6.01. The molecule has 1 aliphatic rings. The third-order valence-electron chi connectivity index (χ3n) is 8.46. The molecule has 2 amide bonds. The van der Waals surface area contributed by atoms with Crippen molar-refractivity contribution in [3.05, 3.63) is 131 Å². The van der Waals surface area contributed by atoms with E-state index in [0.717, 1.165) is 47.5 Å². The highest BCUT2D eigenvalue weighted by Gasteiger charge is 2.35. The highest BCUT2D eigenvalue weighted by Crippen LogP contribution is 2.28. The zero-order chi connectivity index (χ0) is 32.5. The van der Waals surface area contributed by atoms with E-state index in [-0.39, 0.29) is 29.8 Å². The number of amides is 2. The van der Waals surface area contributed by atoms with Crippen molar-refractivity contribution >= 4 is 39.1 Å². The van der Waals surface area contributed by atoms with Gasteiger partial charge in [0.1, 0.15) is 12.6 Å². The quantitative estimate of drug-likeness (QED) is 0.179. The second kappa shape index (κ2) is 15.4. The highest BCUT2D eigenvalue weighted by molar-refractivity contribution is 7.92. The molecule has 0 bridgehead atoms. The number of carbonyl (C=O) groups is 2. The Kier molecular flexibility index (Phi) is 11.1. The number of rotatable bonds is 12. The summed E-state index contributed by atoms with van der Waals surface area (Å²) in [5.74, 6) is -0.748. The van der Waals surface area contributed by atoms with Crippen LogP contribution in [0.3, 0.4) is 0 Å². The summed E-state index contributed by atoms with van der Waals surface area (Å²) in [6.07, 6.45) is 5.28. The predicted molar refractivity (Wildman–Crippen MR) is 183 cm³/mol. The molecule has 1 fully saturated rings. The number of benzene rings is 4. The minimum atomic E-state index is -4.15. The molecular formula is C37H40ClN3O4S. The van der Waals surface area contributed by atoms with Crippen LogP contribution in [0.15, 0.2) is 114 Å². The smallest absolute Gasteiger partial charge is 0.264 e. The molecule has 0 heterocycles. The molecule has 0 spiro atoms. The molecule has 46 heavy (non-hydrogen) atoms. The van der Waals surface area contributed by atoms with Crippen molar-refractivity contribution in [2.75, 3.05) is 10.8 Å². The predicted octanol–water partition coefficient (Wildman–Crippen LogP) is 6.93. The molecule has 1 saturated carbocycles. The summed E-state index contributed by atoms with van der Waals surface area (Å²) < 4.78 is 29.5. The Labute approximate surface area is 277 Å². The van der Waals surface area contributed by atoms with Crippen LogP contribution in [0.4, 0.5) is 5.69 Å². The summed E-state index contributed by atoms with van der Waals surface area (Å²) >= 11 is 6.35. The number of para-hydroxylation sites is 1. The minimum Gasteiger partial charge on any atom is -0.352 e. The molecule has 1 N–H and O–H groups in total. The van der Waals surface area contributed by atoms with Crippen LogP contribution in [0.1, 0.15) is 48.8 Å². The fourth-order valence-corrected chi connectivity index (χ4v) is 7.72. The normalized spacial score (nSPS) is 14.3. The van der Waals surface area contributed by atoms with Gasteiger partial charge in [0.05, 0.1) is 10.6 Å². The summed E-state index contributed by atoms with van der Waals surface area (Å²) in [4.78, 5) is 30.4. The molecule has 1 atom stereocenters. The molecule has 0 aromatic heterocycles. The van der Waals surface area contributed by atoms with Crippen LogP contribution >= 0.6 is 11.6 Å². The maximum Gasteiger partial charge on any atom is 0.264 e. The summed E-state index contributed by atoms with van der Waals surface area (Å²) in [5.41, 5.74) is 2.72. The second-order valence-corrected chi connectivity index (χ2v) is 14.1. The van der Waals surface area contributed by atoms with Crippen LogP contribution in [0, 0.1) is 6.92 Å². The van der Waals surface area contributed by atoms with Gasteiger partial charge in [-0.05, 0) is 66.8 Å². The van der Waals surface area contributed by atoms with E-state index >= 15 is 0 Å². The summed E-state index contributed by atoms with van der Waals surface area (Å²) in [5, 5.41) is 3.74. The Hall–Kier alpha value is -4.14. The van der Waals surface area contributed by atoms with Gasteiger partial charge in [-0.15, -0.1) is 0 Å². The lowest BCUT2D eigenvalue weighted by molar-refractivity contribution is -0.140. The zero-order valence-corrected chi connectivity index (χ0v) is 27.6. The van der Waals surface area contributed by atoms with Gasteiger partial charge in [0.15, 0.2) is 0 Å². The van der Waals surface area contributed by atoms with Crippen LogP contribution in [0.5, 0.6) is 0 Å². The van der Waals surface area contributed by atoms with Crippen molar-refractivity contribution in [1.29, 1.82) is 0 Å². The van der Waals surface area contributed by atoms with E-state index in [9.17, 15) is 18.0 Å². The Morgan fingerprint density at radius 1 is 0.826 bits per heavy atom. The number of nitrogens with one attached hydrogen (secondary N) is 1. The molecule has 0 saturated heterocycles. The van der Waals surface area contributed by atoms with Gasteiger partial charge in [-0.3, -0.25) is 13.9 Å². The van der Waals surface area contributed by atoms with Gasteiger partial charge >= 0.3 is 0 Å². The molecule has 4 aromatic rings. The van der Waals surface area contributed by atoms with E-state index in [1.54, 1.807) is 48.5 Å². The maximum absolute atomic E-state index is 14.6. The van der Waals surface area contributed by atoms with Crippen LogP contribution in [0.25, 0.3) is 0 Å². The Morgan fingerprint density at radius 3 is 2.13 bits per heavy atom. The van der Waals surface area contributed by atoms with Crippen molar-refractivity contribution in [3.63, 3.8) is 0 Å². The number of nitrogens with zero attached hydrogens (tertiary/aromatic N) is 2. The Morgan fingerprint density at radius 2 is 1.46 bits per heavy atom. The summed E-state index contributed by atoms with van der Waals surface area (Å²) in [7, 11) is -4.15. The molecule has 5 rings (SSSR count). The largest absolute Gasteiger partial charge is 0.352 e. The molecule has 240 valence electrons. The lowest BCUT2D eigenvalue weighted by Crippen LogP contribution is -2.55. The van der Waals surface area contributed by atoms with Crippen molar-refractivity contribution < 1.29 is 18.0 Å². The standard InChI is InChI=1S/C37H40ClN3O4S/c1-28-14-11-12-23-34(28)41(46(44,45)33-21-9-4-10-22-33)27-36(42)40(26-30-17-13-18-31(38)24-30)35(25-29-15-5-2-6-16-29)37(43)39-32-19-7-3-8-20-32/h2,4-6,9-18,21-24,32,35H,3,7-8,19-20,25-27H2,1H3,(H,39,43). The van der Waals surface area contributed by atoms with Gasteiger partial charge in [-0.1, -0.05) is 110 Å². The van der Waals surface area contributed by atoms with Gasteiger partial charge in [0.2, 0.25) is 11.8 Å². The first-order valence-electron chi connectivity index (χ1n) is 15.7. The van der Waals surface area contributed by atoms with Crippen LogP contribution in [0.2, 0.25) is 5.02 Å². The first kappa shape index (κ1) is 33.2. The molecular weight excluding hydrogens is 618 g/mol. The topological polar surface area (TPSA) is 86.8 Å². The number of hydrogen-bond donors (Lipinski definition) is 1. The van der Waals surface area contributed by atoms with E-state index in [1.807, 2.05) is 55.5 Å². The minimum absolute atomic E-state index is 0.0320. The average Bonchev–Trinajstić information content (AvgIpc) is 3.07. The molecule has 7 nitrogen and oxygen atoms in total. The van der Waals surface area contributed by atoms with Crippen molar-refractivity contribution in [3.8, 4) is 0 Å². The van der Waals surface area contributed by atoms with Crippen LogP contribution in [-0.2, 0) is 32.6 Å². The highest BCUT2D eigenvalue weighted by atomic mass is 35.5. The fraction of sp³-hybridized carbons (Fsp3) is 0.297. The molecule has 9 heteroatoms. The SMILES string of the molecule is Cc1ccccc1N(CC(=O)N(Cc1cccc(Cl)c1)C(Cc1ccccc1)C(=O)NC1CCCCC1)S(=O)(=O)c1ccccc1. The van der Waals surface area contributed by atoms with E-state index in [0.29, 0.717) is 16.3 Å². The number of aryl methyl sites for hydroxylation is 1. The van der Waals surface area contributed by atoms with E-state index < -0.39 is 28.5 Å². The van der Waals surface area contributed by atoms with Crippen LogP contribution < -0.4 is 9.62 Å². The van der Waals surface area contributed by atoms with Crippen molar-refractivity contribution in [2.24, 2.45) is 0 Å². The van der Waals surface area contributed by atoms with Gasteiger partial charge in [-0.2, -0.15) is 0 Å². The van der Waals surface area contributed by atoms with E-state index in [2.05, 4.69) is 5.32 Å². The number of sulfonamides is 1. The number of carbonyl (C=O) groups excluding carboxylic acids is 2. The van der Waals surface area contributed by atoms with Gasteiger partial charge in [0, 0.05) is 24.0 Å². The zero-order valence-electron chi connectivity index (χ0n) is 26.0. The van der Waals surface area contributed by atoms with Gasteiger partial charge in [-0.25, -0.2) is 8.42 Å². The monoisotopic (exact) mass is 657 g/mol. The molecule has 1 unspecified atom stereocenters. The molecule has 4 aromatic carbocycles. The average molecular weight is 658 g/mol.